The maximum absolute atomic E-state index is 13.0. The summed E-state index contributed by atoms with van der Waals surface area (Å²) in [7, 11) is 0. The van der Waals surface area contributed by atoms with E-state index in [0.717, 1.165) is 16.7 Å². The molecule has 0 aliphatic heterocycles. The molecule has 0 amide bonds. The zero-order valence-electron chi connectivity index (χ0n) is 18.7. The highest BCUT2D eigenvalue weighted by atomic mass is 35.5. The smallest absolute Gasteiger partial charge is 0.354 e. The predicted molar refractivity (Wildman–Crippen MR) is 124 cm³/mol. The van der Waals surface area contributed by atoms with Crippen molar-refractivity contribution in [3.63, 3.8) is 0 Å². The van der Waals surface area contributed by atoms with Gasteiger partial charge in [0.25, 0.3) is 0 Å². The molecule has 3 rings (SSSR count). The van der Waals surface area contributed by atoms with Crippen LogP contribution in [0.1, 0.15) is 55.4 Å². The molecule has 2 aromatic carbocycles. The highest BCUT2D eigenvalue weighted by molar-refractivity contribution is 6.30. The van der Waals surface area contributed by atoms with Gasteiger partial charge in [-0.1, -0.05) is 23.7 Å². The molecule has 0 radical (unpaired) electrons. The van der Waals surface area contributed by atoms with Crippen molar-refractivity contribution in [2.45, 2.75) is 46.3 Å². The van der Waals surface area contributed by atoms with E-state index in [4.69, 9.17) is 21.1 Å². The Morgan fingerprint density at radius 3 is 2.34 bits per heavy atom. The van der Waals surface area contributed by atoms with Gasteiger partial charge in [-0.15, -0.1) is 0 Å². The van der Waals surface area contributed by atoms with E-state index in [0.29, 0.717) is 21.5 Å². The fourth-order valence-electron chi connectivity index (χ4n) is 3.60. The second-order valence-electron chi connectivity index (χ2n) is 8.42. The number of nitrogens with zero attached hydrogens (tertiary/aromatic N) is 1. The first-order chi connectivity index (χ1) is 15.0. The van der Waals surface area contributed by atoms with Gasteiger partial charge in [0.1, 0.15) is 5.69 Å². The lowest BCUT2D eigenvalue weighted by molar-refractivity contribution is -0.166. The first-order valence-electron chi connectivity index (χ1n) is 10.3. The Morgan fingerprint density at radius 1 is 1.12 bits per heavy atom. The Labute approximate surface area is 192 Å². The Hall–Kier alpha value is -2.96. The van der Waals surface area contributed by atoms with E-state index in [2.05, 4.69) is 4.98 Å². The van der Waals surface area contributed by atoms with Crippen molar-refractivity contribution in [1.82, 2.24) is 4.98 Å². The molecular formula is C25H26ClNO5. The standard InChI is InChI=1S/C25H26ClNO5/c1-6-31-24(30)22(32-25(3,4)5)20-14(2)13-19-17(11-12-18(27-19)23(28)29)21(20)15-7-9-16(26)10-8-15/h7-13,22H,6H2,1-5H3,(H,28,29)/t22-/m0/s1. The third kappa shape index (κ3) is 5.09. The minimum atomic E-state index is -1.11. The van der Waals surface area contributed by atoms with Gasteiger partial charge in [-0.3, -0.25) is 0 Å². The van der Waals surface area contributed by atoms with Crippen LogP contribution < -0.4 is 0 Å². The number of carbonyl (C=O) groups is 2. The Kier molecular flexibility index (Phi) is 6.86. The van der Waals surface area contributed by atoms with Crippen molar-refractivity contribution >= 4 is 34.4 Å². The van der Waals surface area contributed by atoms with E-state index in [1.807, 2.05) is 39.8 Å². The van der Waals surface area contributed by atoms with E-state index < -0.39 is 23.6 Å². The number of aromatic carboxylic acids is 1. The van der Waals surface area contributed by atoms with E-state index >= 15 is 0 Å². The van der Waals surface area contributed by atoms with Gasteiger partial charge >= 0.3 is 11.9 Å². The number of hydrogen-bond acceptors (Lipinski definition) is 5. The minimum Gasteiger partial charge on any atom is -0.477 e. The van der Waals surface area contributed by atoms with Crippen LogP contribution in [0, 0.1) is 6.92 Å². The van der Waals surface area contributed by atoms with E-state index in [1.165, 1.54) is 6.07 Å². The Morgan fingerprint density at radius 2 is 1.78 bits per heavy atom. The highest BCUT2D eigenvalue weighted by Crippen LogP contribution is 2.40. The summed E-state index contributed by atoms with van der Waals surface area (Å²) < 4.78 is 11.6. The van der Waals surface area contributed by atoms with Gasteiger partial charge < -0.3 is 14.6 Å². The van der Waals surface area contributed by atoms with Crippen molar-refractivity contribution in [2.24, 2.45) is 0 Å². The summed E-state index contributed by atoms with van der Waals surface area (Å²) in [5.74, 6) is -1.60. The molecule has 1 N–H and O–H groups in total. The van der Waals surface area contributed by atoms with Gasteiger partial charge in [-0.25, -0.2) is 14.6 Å². The fourth-order valence-corrected chi connectivity index (χ4v) is 3.73. The first-order valence-corrected chi connectivity index (χ1v) is 10.7. The number of fused-ring (bicyclic) bond motifs is 1. The monoisotopic (exact) mass is 455 g/mol. The SMILES string of the molecule is CCOC(=O)[C@@H](OC(C)(C)C)c1c(C)cc2nc(C(=O)O)ccc2c1-c1ccc(Cl)cc1. The zero-order chi connectivity index (χ0) is 23.6. The lowest BCUT2D eigenvalue weighted by atomic mass is 9.88. The normalized spacial score (nSPS) is 12.6. The number of pyridine rings is 1. The van der Waals surface area contributed by atoms with Crippen LogP contribution >= 0.6 is 11.6 Å². The molecular weight excluding hydrogens is 430 g/mol. The van der Waals surface area contributed by atoms with Crippen LogP contribution in [-0.4, -0.2) is 34.2 Å². The largest absolute Gasteiger partial charge is 0.477 e. The summed E-state index contributed by atoms with van der Waals surface area (Å²) in [6.07, 6.45) is -0.982. The molecule has 0 saturated heterocycles. The maximum Gasteiger partial charge on any atom is 0.354 e. The van der Waals surface area contributed by atoms with Crippen molar-refractivity contribution in [1.29, 1.82) is 0 Å². The van der Waals surface area contributed by atoms with Gasteiger partial charge in [0.05, 0.1) is 17.7 Å². The molecule has 0 bridgehead atoms. The Balaban J connectivity index is 2.39. The number of aryl methyl sites for hydroxylation is 1. The molecule has 1 heterocycles. The third-order valence-corrected chi connectivity index (χ3v) is 5.08. The van der Waals surface area contributed by atoms with Crippen LogP contribution in [0.25, 0.3) is 22.0 Å². The molecule has 0 aliphatic carbocycles. The molecule has 0 aliphatic rings. The average molecular weight is 456 g/mol. The van der Waals surface area contributed by atoms with Gasteiger partial charge in [0.2, 0.25) is 0 Å². The van der Waals surface area contributed by atoms with Crippen LogP contribution in [0.3, 0.4) is 0 Å². The van der Waals surface area contributed by atoms with Crippen molar-refractivity contribution in [3.05, 3.63) is 64.3 Å². The molecule has 3 aromatic rings. The van der Waals surface area contributed by atoms with Crippen LogP contribution in [0.5, 0.6) is 0 Å². The molecule has 0 fully saturated rings. The van der Waals surface area contributed by atoms with Gasteiger partial charge in [0, 0.05) is 16.0 Å². The number of hydrogen-bond donors (Lipinski definition) is 1. The number of carboxylic acids is 1. The molecule has 6 nitrogen and oxygen atoms in total. The Bertz CT molecular complexity index is 1170. The molecule has 32 heavy (non-hydrogen) atoms. The van der Waals surface area contributed by atoms with Crippen LogP contribution in [0.2, 0.25) is 5.02 Å². The summed E-state index contributed by atoms with van der Waals surface area (Å²) in [6, 6.07) is 12.2. The molecule has 1 aromatic heterocycles. The van der Waals surface area contributed by atoms with Crippen LogP contribution in [0.15, 0.2) is 42.5 Å². The lowest BCUT2D eigenvalue weighted by Crippen LogP contribution is -2.29. The van der Waals surface area contributed by atoms with Crippen molar-refractivity contribution < 1.29 is 24.2 Å². The highest BCUT2D eigenvalue weighted by Gasteiger charge is 2.33. The number of carboxylic acid groups (broad SMARTS) is 1. The number of halogens is 1. The quantitative estimate of drug-likeness (QED) is 0.460. The number of ether oxygens (including phenoxy) is 2. The number of carbonyl (C=O) groups excluding carboxylic acids is 1. The summed E-state index contributed by atoms with van der Waals surface area (Å²) in [4.78, 5) is 28.8. The van der Waals surface area contributed by atoms with Crippen molar-refractivity contribution in [2.75, 3.05) is 6.61 Å². The van der Waals surface area contributed by atoms with Crippen LogP contribution in [0.4, 0.5) is 0 Å². The summed E-state index contributed by atoms with van der Waals surface area (Å²) in [5.41, 5.74) is 2.74. The summed E-state index contributed by atoms with van der Waals surface area (Å²) >= 11 is 6.11. The minimum absolute atomic E-state index is 0.0559. The van der Waals surface area contributed by atoms with Gasteiger partial charge in [-0.05, 0) is 81.6 Å². The number of aromatic nitrogens is 1. The zero-order valence-corrected chi connectivity index (χ0v) is 19.5. The average Bonchev–Trinajstić information content (AvgIpc) is 2.71. The molecule has 0 unspecified atom stereocenters. The summed E-state index contributed by atoms with van der Waals surface area (Å²) in [6.45, 7) is 9.43. The van der Waals surface area contributed by atoms with Crippen molar-refractivity contribution in [3.8, 4) is 11.1 Å². The van der Waals surface area contributed by atoms with E-state index in [1.54, 1.807) is 31.2 Å². The maximum atomic E-state index is 13.0. The number of esters is 1. The number of rotatable bonds is 6. The lowest BCUT2D eigenvalue weighted by Gasteiger charge is -2.29. The molecule has 1 atom stereocenters. The molecule has 168 valence electrons. The third-order valence-electron chi connectivity index (χ3n) is 4.83. The van der Waals surface area contributed by atoms with E-state index in [9.17, 15) is 14.7 Å². The van der Waals surface area contributed by atoms with Gasteiger partial charge in [0.15, 0.2) is 6.10 Å². The number of benzene rings is 2. The second-order valence-corrected chi connectivity index (χ2v) is 8.86. The molecule has 0 spiro atoms. The second kappa shape index (κ2) is 9.27. The fraction of sp³-hybridized carbons (Fsp3) is 0.320. The van der Waals surface area contributed by atoms with Crippen LogP contribution in [-0.2, 0) is 14.3 Å². The van der Waals surface area contributed by atoms with E-state index in [-0.39, 0.29) is 12.3 Å². The predicted octanol–water partition coefficient (Wildman–Crippen LogP) is 5.98. The molecule has 0 saturated carbocycles. The molecule has 7 heteroatoms. The summed E-state index contributed by atoms with van der Waals surface area (Å²) in [5, 5.41) is 10.6. The topological polar surface area (TPSA) is 85.7 Å². The van der Waals surface area contributed by atoms with Gasteiger partial charge in [-0.2, -0.15) is 0 Å². The first kappa shape index (κ1) is 23.7.